The largest absolute Gasteiger partial charge is 0.586 e. The number of nitrogens with one attached hydrogen (secondary N) is 3. The summed E-state index contributed by atoms with van der Waals surface area (Å²) < 4.78 is 35.1. The number of carbonyl (C=O) groups excluding carboxylic acids is 2. The monoisotopic (exact) mass is 446 g/mol. The molecule has 31 heavy (non-hydrogen) atoms. The van der Waals surface area contributed by atoms with Gasteiger partial charge in [0.2, 0.25) is 5.91 Å². The van der Waals surface area contributed by atoms with Gasteiger partial charge in [-0.3, -0.25) is 9.59 Å². The molecule has 0 saturated heterocycles. The van der Waals surface area contributed by atoms with Gasteiger partial charge in [0, 0.05) is 31.4 Å². The van der Waals surface area contributed by atoms with E-state index < -0.39 is 12.2 Å². The van der Waals surface area contributed by atoms with E-state index in [4.69, 9.17) is 0 Å². The second-order valence-electron chi connectivity index (χ2n) is 6.53. The van der Waals surface area contributed by atoms with Gasteiger partial charge in [-0.15, -0.1) is 20.1 Å². The lowest BCUT2D eigenvalue weighted by Crippen LogP contribution is -2.25. The number of amides is 2. The van der Waals surface area contributed by atoms with Crippen LogP contribution in [0.15, 0.2) is 48.0 Å². The van der Waals surface area contributed by atoms with Gasteiger partial charge in [-0.25, -0.2) is 4.98 Å². The Balaban J connectivity index is 1.42. The molecule has 0 fully saturated rings. The SMILES string of the molecule is CC(=O)Nc1cc(CNc2ccsc2C(=O)Nc2ccc3c(c2)OC(F)(F)O3)ccn1. The van der Waals surface area contributed by atoms with E-state index >= 15 is 0 Å². The minimum Gasteiger partial charge on any atom is -0.395 e. The number of alkyl halides is 2. The standard InChI is InChI=1S/C20H16F2N4O4S/c1-11(27)25-17-8-12(4-6-23-17)10-24-14-5-7-31-18(14)19(28)26-13-2-3-15-16(9-13)30-20(21,22)29-15/h2-9,24H,10H2,1H3,(H,26,28)(H,23,25,27). The highest BCUT2D eigenvalue weighted by Crippen LogP contribution is 2.42. The minimum absolute atomic E-state index is 0.0996. The third-order valence-electron chi connectivity index (χ3n) is 4.14. The zero-order valence-corrected chi connectivity index (χ0v) is 16.9. The number of carbonyl (C=O) groups is 2. The van der Waals surface area contributed by atoms with Gasteiger partial charge in [-0.05, 0) is 41.3 Å². The van der Waals surface area contributed by atoms with Crippen LogP contribution in [0.3, 0.4) is 0 Å². The number of rotatable bonds is 6. The van der Waals surface area contributed by atoms with Gasteiger partial charge in [0.05, 0.1) is 5.69 Å². The number of fused-ring (bicyclic) bond motifs is 1. The molecule has 2 aromatic heterocycles. The molecule has 1 aliphatic rings. The smallest absolute Gasteiger partial charge is 0.395 e. The van der Waals surface area contributed by atoms with Crippen molar-refractivity contribution in [2.24, 2.45) is 0 Å². The Morgan fingerprint density at radius 1 is 1.10 bits per heavy atom. The van der Waals surface area contributed by atoms with E-state index in [1.54, 1.807) is 29.8 Å². The molecule has 0 aliphatic carbocycles. The molecule has 3 aromatic rings. The number of halogens is 2. The van der Waals surface area contributed by atoms with Crippen molar-refractivity contribution in [3.8, 4) is 11.5 Å². The van der Waals surface area contributed by atoms with Gasteiger partial charge in [0.25, 0.3) is 5.91 Å². The van der Waals surface area contributed by atoms with Crippen molar-refractivity contribution < 1.29 is 27.8 Å². The summed E-state index contributed by atoms with van der Waals surface area (Å²) in [4.78, 5) is 28.3. The van der Waals surface area contributed by atoms with Gasteiger partial charge >= 0.3 is 6.29 Å². The number of nitrogens with zero attached hydrogens (tertiary/aromatic N) is 1. The molecule has 3 N–H and O–H groups in total. The van der Waals surface area contributed by atoms with Gasteiger partial charge in [0.15, 0.2) is 11.5 Å². The van der Waals surface area contributed by atoms with Gasteiger partial charge in [-0.2, -0.15) is 0 Å². The molecule has 11 heteroatoms. The Kier molecular flexibility index (Phi) is 5.42. The van der Waals surface area contributed by atoms with Crippen LogP contribution in [0.5, 0.6) is 11.5 Å². The maximum atomic E-state index is 13.2. The van der Waals surface area contributed by atoms with Crippen molar-refractivity contribution in [3.05, 3.63) is 58.4 Å². The number of hydrogen-bond donors (Lipinski definition) is 3. The van der Waals surface area contributed by atoms with Crippen LogP contribution in [0.1, 0.15) is 22.2 Å². The van der Waals surface area contributed by atoms with Crippen molar-refractivity contribution in [2.45, 2.75) is 19.8 Å². The van der Waals surface area contributed by atoms with Gasteiger partial charge < -0.3 is 25.4 Å². The van der Waals surface area contributed by atoms with E-state index in [2.05, 4.69) is 30.4 Å². The molecule has 8 nitrogen and oxygen atoms in total. The highest BCUT2D eigenvalue weighted by Gasteiger charge is 2.43. The predicted octanol–water partition coefficient (Wildman–Crippen LogP) is 4.29. The first kappa shape index (κ1) is 20.5. The Morgan fingerprint density at radius 2 is 1.90 bits per heavy atom. The molecule has 3 heterocycles. The van der Waals surface area contributed by atoms with Crippen LogP contribution in [0.25, 0.3) is 0 Å². The fourth-order valence-electron chi connectivity index (χ4n) is 2.87. The Hall–Kier alpha value is -3.73. The number of anilines is 3. The maximum Gasteiger partial charge on any atom is 0.586 e. The van der Waals surface area contributed by atoms with Crippen LogP contribution < -0.4 is 25.4 Å². The van der Waals surface area contributed by atoms with Crippen LogP contribution in [0, 0.1) is 0 Å². The van der Waals surface area contributed by atoms with E-state index in [1.165, 1.54) is 36.5 Å². The first-order valence-electron chi connectivity index (χ1n) is 9.04. The second-order valence-corrected chi connectivity index (χ2v) is 7.45. The fourth-order valence-corrected chi connectivity index (χ4v) is 3.63. The van der Waals surface area contributed by atoms with Crippen molar-refractivity contribution in [2.75, 3.05) is 16.0 Å². The maximum absolute atomic E-state index is 13.2. The minimum atomic E-state index is -3.72. The van der Waals surface area contributed by atoms with Gasteiger partial charge in [-0.1, -0.05) is 0 Å². The lowest BCUT2D eigenvalue weighted by Gasteiger charge is -2.10. The predicted molar refractivity (Wildman–Crippen MR) is 111 cm³/mol. The third kappa shape index (κ3) is 4.89. The number of ether oxygens (including phenoxy) is 2. The summed E-state index contributed by atoms with van der Waals surface area (Å²) in [5.74, 6) is -0.445. The molecule has 1 aromatic carbocycles. The second kappa shape index (κ2) is 8.19. The molecule has 0 bridgehead atoms. The fraction of sp³-hybridized carbons (Fsp3) is 0.150. The molecule has 4 rings (SSSR count). The number of benzene rings is 1. The zero-order chi connectivity index (χ0) is 22.0. The van der Waals surface area contributed by atoms with E-state index in [-0.39, 0.29) is 17.4 Å². The highest BCUT2D eigenvalue weighted by molar-refractivity contribution is 7.12. The van der Waals surface area contributed by atoms with Crippen LogP contribution in [0.2, 0.25) is 0 Å². The van der Waals surface area contributed by atoms with Crippen LogP contribution in [-0.4, -0.2) is 23.1 Å². The molecule has 2 amide bonds. The third-order valence-corrected chi connectivity index (χ3v) is 5.06. The quantitative estimate of drug-likeness (QED) is 0.522. The molecular weight excluding hydrogens is 430 g/mol. The summed E-state index contributed by atoms with van der Waals surface area (Å²) >= 11 is 1.23. The van der Waals surface area contributed by atoms with Crippen LogP contribution >= 0.6 is 11.3 Å². The molecule has 0 radical (unpaired) electrons. The molecule has 0 atom stereocenters. The van der Waals surface area contributed by atoms with Crippen molar-refractivity contribution in [1.82, 2.24) is 4.98 Å². The molecule has 160 valence electrons. The summed E-state index contributed by atoms with van der Waals surface area (Å²) in [5.41, 5.74) is 1.75. The Labute approximate surface area is 179 Å². The molecule has 0 saturated carbocycles. The van der Waals surface area contributed by atoms with Crippen molar-refractivity contribution >= 4 is 40.3 Å². The summed E-state index contributed by atoms with van der Waals surface area (Å²) in [7, 11) is 0. The highest BCUT2D eigenvalue weighted by atomic mass is 32.1. The summed E-state index contributed by atoms with van der Waals surface area (Å²) in [5, 5.41) is 10.2. The van der Waals surface area contributed by atoms with E-state index in [0.717, 1.165) is 5.56 Å². The average Bonchev–Trinajstić information content (AvgIpc) is 3.28. The molecule has 1 aliphatic heterocycles. The first-order chi connectivity index (χ1) is 14.8. The average molecular weight is 446 g/mol. The Bertz CT molecular complexity index is 1150. The zero-order valence-electron chi connectivity index (χ0n) is 16.1. The molecule has 0 spiro atoms. The molecular formula is C20H16F2N4O4S. The van der Waals surface area contributed by atoms with Crippen molar-refractivity contribution in [3.63, 3.8) is 0 Å². The van der Waals surface area contributed by atoms with E-state index in [0.29, 0.717) is 28.6 Å². The van der Waals surface area contributed by atoms with E-state index in [1.807, 2.05) is 0 Å². The summed E-state index contributed by atoms with van der Waals surface area (Å²) in [6.07, 6.45) is -2.14. The van der Waals surface area contributed by atoms with Crippen LogP contribution in [0.4, 0.5) is 26.0 Å². The van der Waals surface area contributed by atoms with Gasteiger partial charge in [0.1, 0.15) is 10.7 Å². The molecule has 0 unspecified atom stereocenters. The lowest BCUT2D eigenvalue weighted by atomic mass is 10.2. The number of hydrogen-bond acceptors (Lipinski definition) is 7. The van der Waals surface area contributed by atoms with Crippen LogP contribution in [-0.2, 0) is 11.3 Å². The summed E-state index contributed by atoms with van der Waals surface area (Å²) in [6, 6.07) is 9.29. The topological polar surface area (TPSA) is 102 Å². The number of thiophene rings is 1. The van der Waals surface area contributed by atoms with E-state index in [9.17, 15) is 18.4 Å². The van der Waals surface area contributed by atoms with Crippen molar-refractivity contribution in [1.29, 1.82) is 0 Å². The Morgan fingerprint density at radius 3 is 2.71 bits per heavy atom. The normalized spacial score (nSPS) is 13.5. The number of pyridine rings is 1. The number of aromatic nitrogens is 1. The lowest BCUT2D eigenvalue weighted by molar-refractivity contribution is -0.286. The summed E-state index contributed by atoms with van der Waals surface area (Å²) in [6.45, 7) is 1.79. The first-order valence-corrected chi connectivity index (χ1v) is 9.92.